The molecule has 0 saturated heterocycles. The SMILES string of the molecule is Cc1ncccc1C#CC=O. The van der Waals surface area contributed by atoms with Crippen LogP contribution in [-0.2, 0) is 4.79 Å². The molecular formula is C9H7NO. The van der Waals surface area contributed by atoms with E-state index in [9.17, 15) is 4.79 Å². The van der Waals surface area contributed by atoms with Crippen LogP contribution in [0.25, 0.3) is 0 Å². The van der Waals surface area contributed by atoms with Crippen molar-refractivity contribution in [2.45, 2.75) is 6.92 Å². The first-order valence-corrected chi connectivity index (χ1v) is 3.21. The number of nitrogens with zero attached hydrogens (tertiary/aromatic N) is 1. The van der Waals surface area contributed by atoms with Gasteiger partial charge in [-0.05, 0) is 25.0 Å². The molecule has 0 radical (unpaired) electrons. The summed E-state index contributed by atoms with van der Waals surface area (Å²) in [6.45, 7) is 1.86. The van der Waals surface area contributed by atoms with Crippen LogP contribution in [0.5, 0.6) is 0 Å². The number of aryl methyl sites for hydroxylation is 1. The molecule has 1 aromatic heterocycles. The van der Waals surface area contributed by atoms with E-state index in [4.69, 9.17) is 0 Å². The third kappa shape index (κ3) is 1.91. The number of hydrogen-bond donors (Lipinski definition) is 0. The number of carbonyl (C=O) groups excluding carboxylic acids is 1. The van der Waals surface area contributed by atoms with Crippen LogP contribution in [0.2, 0.25) is 0 Å². The van der Waals surface area contributed by atoms with Crippen LogP contribution in [0.15, 0.2) is 18.3 Å². The quantitative estimate of drug-likeness (QED) is 0.401. The molecule has 2 heteroatoms. The molecule has 1 aromatic rings. The molecule has 0 spiro atoms. The number of pyridine rings is 1. The van der Waals surface area contributed by atoms with E-state index in [1.807, 2.05) is 13.0 Å². The molecule has 0 unspecified atom stereocenters. The van der Waals surface area contributed by atoms with Gasteiger partial charge in [0.05, 0.1) is 5.69 Å². The summed E-state index contributed by atoms with van der Waals surface area (Å²) in [5, 5.41) is 0. The highest BCUT2D eigenvalue weighted by molar-refractivity contribution is 5.74. The lowest BCUT2D eigenvalue weighted by molar-refractivity contribution is -0.103. The second-order valence-corrected chi connectivity index (χ2v) is 2.02. The third-order valence-electron chi connectivity index (χ3n) is 1.27. The zero-order valence-electron chi connectivity index (χ0n) is 6.16. The molecule has 0 fully saturated rings. The Morgan fingerprint density at radius 3 is 3.09 bits per heavy atom. The molecule has 0 atom stereocenters. The molecule has 1 rings (SSSR count). The molecule has 0 aromatic carbocycles. The Bertz CT molecular complexity index is 320. The van der Waals surface area contributed by atoms with Gasteiger partial charge in [0.25, 0.3) is 0 Å². The minimum Gasteiger partial charge on any atom is -0.289 e. The Balaban J connectivity index is 3.03. The topological polar surface area (TPSA) is 30.0 Å². The Morgan fingerprint density at radius 2 is 2.45 bits per heavy atom. The van der Waals surface area contributed by atoms with E-state index in [2.05, 4.69) is 16.8 Å². The molecule has 0 aliphatic heterocycles. The fourth-order valence-electron chi connectivity index (χ4n) is 0.724. The van der Waals surface area contributed by atoms with Gasteiger partial charge in [-0.3, -0.25) is 9.78 Å². The van der Waals surface area contributed by atoms with Gasteiger partial charge in [-0.1, -0.05) is 5.92 Å². The van der Waals surface area contributed by atoms with Gasteiger partial charge in [0.2, 0.25) is 0 Å². The van der Waals surface area contributed by atoms with Gasteiger partial charge >= 0.3 is 0 Å². The van der Waals surface area contributed by atoms with Gasteiger partial charge < -0.3 is 0 Å². The Hall–Kier alpha value is -1.62. The average Bonchev–Trinajstić information content (AvgIpc) is 2.03. The van der Waals surface area contributed by atoms with Crippen molar-refractivity contribution in [1.82, 2.24) is 4.98 Å². The van der Waals surface area contributed by atoms with Crippen molar-refractivity contribution in [3.63, 3.8) is 0 Å². The smallest absolute Gasteiger partial charge is 0.193 e. The molecule has 11 heavy (non-hydrogen) atoms. The average molecular weight is 145 g/mol. The van der Waals surface area contributed by atoms with E-state index < -0.39 is 0 Å². The lowest BCUT2D eigenvalue weighted by Gasteiger charge is -1.92. The number of hydrogen-bond acceptors (Lipinski definition) is 2. The van der Waals surface area contributed by atoms with E-state index in [1.165, 1.54) is 0 Å². The van der Waals surface area contributed by atoms with Gasteiger partial charge in [-0.25, -0.2) is 0 Å². The van der Waals surface area contributed by atoms with Gasteiger partial charge in [0.1, 0.15) is 0 Å². The van der Waals surface area contributed by atoms with Gasteiger partial charge in [-0.15, -0.1) is 0 Å². The molecule has 0 saturated carbocycles. The van der Waals surface area contributed by atoms with Crippen molar-refractivity contribution >= 4 is 6.29 Å². The molecule has 0 aliphatic carbocycles. The molecule has 0 aliphatic rings. The second kappa shape index (κ2) is 3.52. The van der Waals surface area contributed by atoms with Gasteiger partial charge in [-0.2, -0.15) is 0 Å². The Kier molecular flexibility index (Phi) is 2.40. The van der Waals surface area contributed by atoms with Crippen LogP contribution >= 0.6 is 0 Å². The first-order valence-electron chi connectivity index (χ1n) is 3.21. The summed E-state index contributed by atoms with van der Waals surface area (Å²) in [5.74, 6) is 5.02. The summed E-state index contributed by atoms with van der Waals surface area (Å²) < 4.78 is 0. The third-order valence-corrected chi connectivity index (χ3v) is 1.27. The fraction of sp³-hybridized carbons (Fsp3) is 0.111. The highest BCUT2D eigenvalue weighted by atomic mass is 16.1. The first-order chi connectivity index (χ1) is 5.34. The molecule has 0 amide bonds. The van der Waals surface area contributed by atoms with E-state index in [0.29, 0.717) is 6.29 Å². The molecule has 0 N–H and O–H groups in total. The highest BCUT2D eigenvalue weighted by Crippen LogP contribution is 1.99. The molecular weight excluding hydrogens is 138 g/mol. The van der Waals surface area contributed by atoms with Crippen molar-refractivity contribution in [1.29, 1.82) is 0 Å². The second-order valence-electron chi connectivity index (χ2n) is 2.02. The summed E-state index contributed by atoms with van der Waals surface area (Å²) in [6.07, 6.45) is 2.27. The number of rotatable bonds is 0. The Morgan fingerprint density at radius 1 is 1.64 bits per heavy atom. The van der Waals surface area contributed by atoms with Crippen molar-refractivity contribution in [2.24, 2.45) is 0 Å². The van der Waals surface area contributed by atoms with Crippen molar-refractivity contribution in [2.75, 3.05) is 0 Å². The summed E-state index contributed by atoms with van der Waals surface area (Å²) in [5.41, 5.74) is 1.65. The van der Waals surface area contributed by atoms with E-state index in [-0.39, 0.29) is 0 Å². The van der Waals surface area contributed by atoms with Crippen LogP contribution in [0, 0.1) is 18.8 Å². The van der Waals surface area contributed by atoms with Crippen molar-refractivity contribution in [3.8, 4) is 11.8 Å². The minimum absolute atomic E-state index is 0.576. The van der Waals surface area contributed by atoms with Crippen LogP contribution < -0.4 is 0 Å². The van der Waals surface area contributed by atoms with Crippen molar-refractivity contribution < 1.29 is 4.79 Å². The van der Waals surface area contributed by atoms with Gasteiger partial charge in [0.15, 0.2) is 6.29 Å². The maximum atomic E-state index is 9.90. The Labute approximate surface area is 65.3 Å². The van der Waals surface area contributed by atoms with Crippen LogP contribution in [0.1, 0.15) is 11.3 Å². The first kappa shape index (κ1) is 7.49. The largest absolute Gasteiger partial charge is 0.289 e. The predicted octanol–water partition coefficient (Wildman–Crippen LogP) is 0.940. The normalized spacial score (nSPS) is 8.09. The van der Waals surface area contributed by atoms with E-state index >= 15 is 0 Å². The van der Waals surface area contributed by atoms with Crippen LogP contribution in [0.3, 0.4) is 0 Å². The van der Waals surface area contributed by atoms with Gasteiger partial charge in [0, 0.05) is 11.8 Å². The summed E-state index contributed by atoms with van der Waals surface area (Å²) in [7, 11) is 0. The molecule has 0 bridgehead atoms. The predicted molar refractivity (Wildman–Crippen MR) is 41.9 cm³/mol. The molecule has 1 heterocycles. The monoisotopic (exact) mass is 145 g/mol. The minimum atomic E-state index is 0.576. The zero-order chi connectivity index (χ0) is 8.10. The lowest BCUT2D eigenvalue weighted by Crippen LogP contribution is -1.84. The maximum absolute atomic E-state index is 9.90. The molecule has 2 nitrogen and oxygen atoms in total. The molecule has 54 valence electrons. The van der Waals surface area contributed by atoms with Crippen LogP contribution in [0.4, 0.5) is 0 Å². The summed E-state index contributed by atoms with van der Waals surface area (Å²) in [4.78, 5) is 13.9. The maximum Gasteiger partial charge on any atom is 0.193 e. The summed E-state index contributed by atoms with van der Waals surface area (Å²) in [6, 6.07) is 3.63. The van der Waals surface area contributed by atoms with E-state index in [0.717, 1.165) is 11.3 Å². The number of aromatic nitrogens is 1. The lowest BCUT2D eigenvalue weighted by atomic mass is 10.2. The number of carbonyl (C=O) groups is 1. The highest BCUT2D eigenvalue weighted by Gasteiger charge is 1.90. The fourth-order valence-corrected chi connectivity index (χ4v) is 0.724. The number of aldehydes is 1. The van der Waals surface area contributed by atoms with E-state index in [1.54, 1.807) is 12.3 Å². The zero-order valence-corrected chi connectivity index (χ0v) is 6.16. The standard InChI is InChI=1S/C9H7NO/c1-8-9(5-3-7-11)4-2-6-10-8/h2,4,6-7H,1H3. The van der Waals surface area contributed by atoms with Crippen LogP contribution in [-0.4, -0.2) is 11.3 Å². The summed E-state index contributed by atoms with van der Waals surface area (Å²) >= 11 is 0. The van der Waals surface area contributed by atoms with Crippen molar-refractivity contribution in [3.05, 3.63) is 29.6 Å².